The van der Waals surface area contributed by atoms with Gasteiger partial charge in [-0.1, -0.05) is 4.57 Å². The van der Waals surface area contributed by atoms with Crippen LogP contribution in [0.2, 0.25) is 0 Å². The van der Waals surface area contributed by atoms with Gasteiger partial charge in [0.25, 0.3) is 0 Å². The fourth-order valence-corrected chi connectivity index (χ4v) is 0.572. The highest BCUT2D eigenvalue weighted by atomic mass is 31.1. The zero-order valence-corrected chi connectivity index (χ0v) is 5.11. The van der Waals surface area contributed by atoms with Crippen molar-refractivity contribution in [3.05, 3.63) is 0 Å². The Morgan fingerprint density at radius 1 is 1.86 bits per heavy atom. The summed E-state index contributed by atoms with van der Waals surface area (Å²) in [7, 11) is -1.19. The summed E-state index contributed by atoms with van der Waals surface area (Å²) in [4.78, 5) is 0. The molecular weight excluding hydrogens is 109 g/mol. The van der Waals surface area contributed by atoms with Gasteiger partial charge in [-0.3, -0.25) is 0 Å². The molecule has 0 radical (unpaired) electrons. The van der Waals surface area contributed by atoms with Crippen molar-refractivity contribution in [3.8, 4) is 6.07 Å². The van der Waals surface area contributed by atoms with Crippen LogP contribution in [-0.2, 0) is 4.57 Å². The monoisotopic (exact) mass is 116 g/mol. The van der Waals surface area contributed by atoms with E-state index in [0.29, 0.717) is 6.16 Å². The van der Waals surface area contributed by atoms with Crippen molar-refractivity contribution >= 4 is 7.80 Å². The third kappa shape index (κ3) is 3.42. The molecule has 0 heterocycles. The normalized spacial score (nSPS) is 10.0. The van der Waals surface area contributed by atoms with Crippen molar-refractivity contribution in [1.82, 2.24) is 0 Å². The summed E-state index contributed by atoms with van der Waals surface area (Å²) in [5, 5.41) is 7.93. The lowest BCUT2D eigenvalue weighted by Gasteiger charge is -1.64. The molecule has 38 valence electrons. The molecule has 0 aliphatic rings. The first-order valence-electron chi connectivity index (χ1n) is 2.10. The third-order valence-electron chi connectivity index (χ3n) is 0.600. The number of rotatable bonds is 2. The highest BCUT2D eigenvalue weighted by Gasteiger charge is 2.07. The lowest BCUT2D eigenvalue weighted by atomic mass is 10.9. The maximum Gasteiger partial charge on any atom is 0.353 e. The Morgan fingerprint density at radius 2 is 2.43 bits per heavy atom. The Morgan fingerprint density at radius 3 is 2.57 bits per heavy atom. The molecular formula is C4H7NOP+. The molecule has 0 aliphatic carbocycles. The predicted octanol–water partition coefficient (Wildman–Crippen LogP) is 1.36. The number of nitrogens with zero attached hydrogens (tertiary/aromatic N) is 1. The van der Waals surface area contributed by atoms with E-state index in [0.717, 1.165) is 0 Å². The SMILES string of the molecule is CC[P+](=O)CC#N. The standard InChI is InChI=1S/C4H7NOP/c1-2-7(6)4-3-5/h2,4H2,1H3/q+1. The van der Waals surface area contributed by atoms with Crippen molar-refractivity contribution in [2.45, 2.75) is 6.92 Å². The summed E-state index contributed by atoms with van der Waals surface area (Å²) in [6, 6.07) is 1.83. The van der Waals surface area contributed by atoms with E-state index in [1.807, 2.05) is 13.0 Å². The van der Waals surface area contributed by atoms with E-state index >= 15 is 0 Å². The van der Waals surface area contributed by atoms with Gasteiger partial charge in [0.2, 0.25) is 6.16 Å². The molecule has 1 unspecified atom stereocenters. The smallest absolute Gasteiger partial charge is 0.194 e. The first-order valence-corrected chi connectivity index (χ1v) is 3.73. The van der Waals surface area contributed by atoms with E-state index in [4.69, 9.17) is 5.26 Å². The van der Waals surface area contributed by atoms with Gasteiger partial charge in [-0.25, -0.2) is 0 Å². The van der Waals surface area contributed by atoms with Crippen LogP contribution in [0.25, 0.3) is 0 Å². The van der Waals surface area contributed by atoms with Gasteiger partial charge in [-0.2, -0.15) is 5.26 Å². The highest BCUT2D eigenvalue weighted by molar-refractivity contribution is 7.44. The quantitative estimate of drug-likeness (QED) is 0.511. The molecule has 0 saturated heterocycles. The molecule has 0 aromatic carbocycles. The second kappa shape index (κ2) is 3.77. The van der Waals surface area contributed by atoms with Gasteiger partial charge in [-0.15, -0.1) is 0 Å². The van der Waals surface area contributed by atoms with Crippen molar-refractivity contribution in [3.63, 3.8) is 0 Å². The summed E-state index contributed by atoms with van der Waals surface area (Å²) in [5.41, 5.74) is 0. The third-order valence-corrected chi connectivity index (χ3v) is 1.80. The second-order valence-electron chi connectivity index (χ2n) is 1.11. The van der Waals surface area contributed by atoms with Crippen molar-refractivity contribution in [2.24, 2.45) is 0 Å². The molecule has 2 nitrogen and oxygen atoms in total. The van der Waals surface area contributed by atoms with Crippen LogP contribution in [0.3, 0.4) is 0 Å². The lowest BCUT2D eigenvalue weighted by molar-refractivity contribution is 0.590. The van der Waals surface area contributed by atoms with Crippen LogP contribution < -0.4 is 0 Å². The van der Waals surface area contributed by atoms with Crippen LogP contribution in [-0.4, -0.2) is 12.3 Å². The van der Waals surface area contributed by atoms with Gasteiger partial charge in [0, 0.05) is 0 Å². The summed E-state index contributed by atoms with van der Waals surface area (Å²) in [6.45, 7) is 1.82. The number of hydrogen-bond acceptors (Lipinski definition) is 2. The second-order valence-corrected chi connectivity index (χ2v) is 3.03. The fourth-order valence-electron chi connectivity index (χ4n) is 0.191. The molecule has 0 rings (SSSR count). The van der Waals surface area contributed by atoms with Gasteiger partial charge in [0.1, 0.15) is 12.2 Å². The van der Waals surface area contributed by atoms with E-state index in [9.17, 15) is 4.57 Å². The molecule has 0 bridgehead atoms. The molecule has 0 spiro atoms. The van der Waals surface area contributed by atoms with Gasteiger partial charge < -0.3 is 0 Å². The van der Waals surface area contributed by atoms with Crippen molar-refractivity contribution in [2.75, 3.05) is 12.3 Å². The van der Waals surface area contributed by atoms with E-state index < -0.39 is 7.80 Å². The Labute approximate surface area is 43.9 Å². The molecule has 0 aliphatic heterocycles. The van der Waals surface area contributed by atoms with Crippen LogP contribution in [0.5, 0.6) is 0 Å². The molecule has 3 heteroatoms. The molecule has 0 amide bonds. The molecule has 1 atom stereocenters. The van der Waals surface area contributed by atoms with Gasteiger partial charge in [0.15, 0.2) is 0 Å². The van der Waals surface area contributed by atoms with E-state index in [-0.39, 0.29) is 6.16 Å². The summed E-state index contributed by atoms with van der Waals surface area (Å²) < 4.78 is 10.3. The zero-order valence-electron chi connectivity index (χ0n) is 4.22. The van der Waals surface area contributed by atoms with E-state index in [2.05, 4.69) is 0 Å². The van der Waals surface area contributed by atoms with Gasteiger partial charge >= 0.3 is 7.80 Å². The first-order chi connectivity index (χ1) is 3.31. The Balaban J connectivity index is 3.23. The minimum Gasteiger partial charge on any atom is -0.194 e. The Hall–Kier alpha value is -0.410. The van der Waals surface area contributed by atoms with Crippen molar-refractivity contribution < 1.29 is 4.57 Å². The largest absolute Gasteiger partial charge is 0.353 e. The van der Waals surface area contributed by atoms with Gasteiger partial charge in [0.05, 0.1) is 0 Å². The number of nitriles is 1. The number of hydrogen-bond donors (Lipinski definition) is 0. The van der Waals surface area contributed by atoms with E-state index in [1.165, 1.54) is 0 Å². The minimum absolute atomic E-state index is 0.214. The van der Waals surface area contributed by atoms with Crippen LogP contribution in [0.15, 0.2) is 0 Å². The van der Waals surface area contributed by atoms with Crippen molar-refractivity contribution in [1.29, 1.82) is 5.26 Å². The lowest BCUT2D eigenvalue weighted by Crippen LogP contribution is -1.70. The zero-order chi connectivity index (χ0) is 5.70. The summed E-state index contributed by atoms with van der Waals surface area (Å²) >= 11 is 0. The molecule has 0 aromatic rings. The first kappa shape index (κ1) is 6.59. The van der Waals surface area contributed by atoms with Crippen LogP contribution >= 0.6 is 7.80 Å². The Bertz CT molecular complexity index is 105. The maximum absolute atomic E-state index is 10.3. The summed E-state index contributed by atoms with van der Waals surface area (Å²) in [5.74, 6) is 0. The molecule has 7 heavy (non-hydrogen) atoms. The van der Waals surface area contributed by atoms with Crippen LogP contribution in [0, 0.1) is 11.3 Å². The highest BCUT2D eigenvalue weighted by Crippen LogP contribution is 2.16. The predicted molar refractivity (Wildman–Crippen MR) is 28.6 cm³/mol. The molecule has 0 N–H and O–H groups in total. The molecule has 0 saturated carbocycles. The Kier molecular flexibility index (Phi) is 3.55. The maximum atomic E-state index is 10.3. The average Bonchev–Trinajstić information content (AvgIpc) is 1.68. The topological polar surface area (TPSA) is 40.9 Å². The molecule has 0 fully saturated rings. The van der Waals surface area contributed by atoms with E-state index in [1.54, 1.807) is 0 Å². The van der Waals surface area contributed by atoms with Crippen LogP contribution in [0.4, 0.5) is 0 Å². The fraction of sp³-hybridized carbons (Fsp3) is 0.750. The summed E-state index contributed by atoms with van der Waals surface area (Å²) in [6.07, 6.45) is 0.842. The van der Waals surface area contributed by atoms with Gasteiger partial charge in [-0.05, 0) is 6.92 Å². The molecule has 0 aromatic heterocycles. The average molecular weight is 116 g/mol. The minimum atomic E-state index is -1.19. The van der Waals surface area contributed by atoms with Crippen LogP contribution in [0.1, 0.15) is 6.92 Å².